The summed E-state index contributed by atoms with van der Waals surface area (Å²) in [6, 6.07) is 11.6. The maximum Gasteiger partial charge on any atom is 0.269 e. The number of fused-ring (bicyclic) bond motifs is 1. The van der Waals surface area contributed by atoms with Gasteiger partial charge in [0.1, 0.15) is 16.9 Å². The normalized spacial score (nSPS) is 10.7. The Kier molecular flexibility index (Phi) is 6.56. The summed E-state index contributed by atoms with van der Waals surface area (Å²) in [4.78, 5) is 0.932. The quantitative estimate of drug-likeness (QED) is 0.296. The molecule has 4 aromatic rings. The molecule has 2 aromatic carbocycles. The number of aromatic nitrogens is 3. The Bertz CT molecular complexity index is 1270. The Morgan fingerprint density at radius 1 is 1.19 bits per heavy atom. The second kappa shape index (κ2) is 9.70. The highest BCUT2D eigenvalue weighted by Crippen LogP contribution is 2.37. The van der Waals surface area contributed by atoms with Gasteiger partial charge in [-0.2, -0.15) is 5.10 Å². The lowest BCUT2D eigenvalue weighted by Gasteiger charge is -2.09. The number of nitriles is 1. The van der Waals surface area contributed by atoms with E-state index in [1.54, 1.807) is 20.4 Å². The van der Waals surface area contributed by atoms with Crippen molar-refractivity contribution >= 4 is 35.4 Å². The number of para-hydroxylation sites is 1. The van der Waals surface area contributed by atoms with Crippen LogP contribution in [0.5, 0.6) is 11.5 Å². The number of nitrogens with zero attached hydrogens (tertiary/aromatic N) is 4. The molecule has 0 unspecified atom stereocenters. The maximum absolute atomic E-state index is 9.01. The largest absolute Gasteiger partial charge is 0.496 e. The molecule has 0 saturated carbocycles. The van der Waals surface area contributed by atoms with Gasteiger partial charge in [-0.3, -0.25) is 4.68 Å². The molecule has 0 spiro atoms. The Hall–Kier alpha value is -3.58. The fourth-order valence-corrected chi connectivity index (χ4v) is 4.15. The van der Waals surface area contributed by atoms with Crippen molar-refractivity contribution in [3.8, 4) is 17.5 Å². The molecule has 32 heavy (non-hydrogen) atoms. The van der Waals surface area contributed by atoms with E-state index < -0.39 is 0 Å². The minimum absolute atomic E-state index is 0.0436. The van der Waals surface area contributed by atoms with Gasteiger partial charge in [-0.25, -0.2) is 5.26 Å². The highest BCUT2D eigenvalue weighted by Gasteiger charge is 2.17. The number of methoxy groups -OCH3 is 2. The van der Waals surface area contributed by atoms with E-state index >= 15 is 0 Å². The second-order valence-corrected chi connectivity index (χ2v) is 8.19. The molecule has 2 heterocycles. The Labute approximate surface area is 190 Å². The molecular formula is C22H22BN5O3S. The average molecular weight is 447 g/mol. The summed E-state index contributed by atoms with van der Waals surface area (Å²) in [5.74, 6) is 4.26. The van der Waals surface area contributed by atoms with Crippen molar-refractivity contribution < 1.29 is 14.0 Å². The fraction of sp³-hybridized carbons (Fsp3) is 0.227. The van der Waals surface area contributed by atoms with Crippen LogP contribution in [0, 0.1) is 11.2 Å². The molecule has 2 aromatic heterocycles. The van der Waals surface area contributed by atoms with E-state index in [4.69, 9.17) is 19.3 Å². The summed E-state index contributed by atoms with van der Waals surface area (Å²) in [7, 11) is 3.26. The molecule has 8 nitrogen and oxygen atoms in total. The van der Waals surface area contributed by atoms with Crippen LogP contribution in [0.3, 0.4) is 0 Å². The first kappa shape index (κ1) is 21.6. The molecule has 0 bridgehead atoms. The van der Waals surface area contributed by atoms with Gasteiger partial charge in [-0.15, -0.1) is 0 Å². The smallest absolute Gasteiger partial charge is 0.269 e. The van der Waals surface area contributed by atoms with Crippen molar-refractivity contribution in [2.75, 3.05) is 18.9 Å². The van der Waals surface area contributed by atoms with Crippen molar-refractivity contribution in [2.45, 2.75) is 24.6 Å². The molecular weight excluding hydrogens is 425 g/mol. The Morgan fingerprint density at radius 2 is 2.00 bits per heavy atom. The van der Waals surface area contributed by atoms with E-state index in [2.05, 4.69) is 20.9 Å². The van der Waals surface area contributed by atoms with Crippen molar-refractivity contribution in [1.29, 1.82) is 5.26 Å². The van der Waals surface area contributed by atoms with E-state index in [0.717, 1.165) is 27.2 Å². The summed E-state index contributed by atoms with van der Waals surface area (Å²) in [5.41, 5.74) is 2.62. The van der Waals surface area contributed by atoms with Crippen molar-refractivity contribution in [3.63, 3.8) is 0 Å². The summed E-state index contributed by atoms with van der Waals surface area (Å²) in [5, 5.41) is 18.4. The molecule has 0 aliphatic rings. The van der Waals surface area contributed by atoms with Crippen molar-refractivity contribution in [3.05, 3.63) is 59.9 Å². The first-order valence-electron chi connectivity index (χ1n) is 10.0. The first-order chi connectivity index (χ1) is 15.6. The van der Waals surface area contributed by atoms with E-state index in [-0.39, 0.29) is 6.71 Å². The number of benzene rings is 2. The van der Waals surface area contributed by atoms with Crippen LogP contribution in [0.4, 0.5) is 5.82 Å². The zero-order valence-electron chi connectivity index (χ0n) is 18.0. The van der Waals surface area contributed by atoms with E-state index in [9.17, 15) is 0 Å². The van der Waals surface area contributed by atoms with Gasteiger partial charge in [-0.05, 0) is 53.7 Å². The van der Waals surface area contributed by atoms with Crippen LogP contribution in [0.2, 0.25) is 6.82 Å². The molecule has 0 radical (unpaired) electrons. The van der Waals surface area contributed by atoms with E-state index in [1.807, 2.05) is 54.1 Å². The van der Waals surface area contributed by atoms with Crippen molar-refractivity contribution in [2.24, 2.45) is 0 Å². The van der Waals surface area contributed by atoms with Crippen molar-refractivity contribution in [1.82, 2.24) is 14.9 Å². The molecule has 10 heteroatoms. The fourth-order valence-electron chi connectivity index (χ4n) is 3.40. The number of hydrogen-bond donors (Lipinski definition) is 1. The molecule has 0 fully saturated rings. The van der Waals surface area contributed by atoms with Gasteiger partial charge >= 0.3 is 0 Å². The topological polar surface area (TPSA) is 98.1 Å². The molecule has 0 amide bonds. The lowest BCUT2D eigenvalue weighted by Crippen LogP contribution is -2.08. The third-order valence-corrected chi connectivity index (χ3v) is 5.79. The van der Waals surface area contributed by atoms with Gasteiger partial charge in [0.25, 0.3) is 6.71 Å². The van der Waals surface area contributed by atoms with Gasteiger partial charge in [0, 0.05) is 12.2 Å². The van der Waals surface area contributed by atoms with Gasteiger partial charge in [0.2, 0.25) is 0 Å². The lowest BCUT2D eigenvalue weighted by molar-refractivity contribution is 0.405. The Balaban J connectivity index is 1.54. The van der Waals surface area contributed by atoms with Crippen LogP contribution in [0.15, 0.2) is 58.2 Å². The maximum atomic E-state index is 9.01. The van der Waals surface area contributed by atoms with E-state index in [1.165, 1.54) is 11.9 Å². The third kappa shape index (κ3) is 4.68. The Morgan fingerprint density at radius 3 is 2.78 bits per heavy atom. The monoisotopic (exact) mass is 447 g/mol. The van der Waals surface area contributed by atoms with Crippen LogP contribution in [-0.4, -0.2) is 35.9 Å². The third-order valence-electron chi connectivity index (χ3n) is 4.94. The van der Waals surface area contributed by atoms with Gasteiger partial charge in [0.15, 0.2) is 11.4 Å². The molecule has 162 valence electrons. The highest BCUT2D eigenvalue weighted by atomic mass is 32.2. The average Bonchev–Trinajstić information content (AvgIpc) is 3.43. The lowest BCUT2D eigenvalue weighted by atomic mass is 9.50. The molecule has 0 saturated heterocycles. The summed E-state index contributed by atoms with van der Waals surface area (Å²) in [6.45, 7) is 2.41. The van der Waals surface area contributed by atoms with E-state index in [0.29, 0.717) is 30.0 Å². The number of hydrogen-bond acceptors (Lipinski definition) is 8. The zero-order chi connectivity index (χ0) is 22.5. The standard InChI is InChI=1S/C22H22BN5O3S/c1-23(14-24)10-16-11-25-28(13-16)12-15-8-18(30-3)21-19(9-15)31-26-22(21)27-32-20-7-5-4-6-17(20)29-2/h4-9,11,13H,10,12H2,1-3H3,(H,26,27). The van der Waals surface area contributed by atoms with Crippen LogP contribution >= 0.6 is 11.9 Å². The van der Waals surface area contributed by atoms with Crippen LogP contribution in [0.25, 0.3) is 11.0 Å². The van der Waals surface area contributed by atoms with Crippen LogP contribution in [0.1, 0.15) is 11.1 Å². The molecule has 0 aliphatic heterocycles. The minimum Gasteiger partial charge on any atom is -0.496 e. The zero-order valence-corrected chi connectivity index (χ0v) is 18.8. The number of rotatable bonds is 9. The van der Waals surface area contributed by atoms with Gasteiger partial charge in [0.05, 0.1) is 31.9 Å². The van der Waals surface area contributed by atoms with Gasteiger partial charge < -0.3 is 18.7 Å². The predicted molar refractivity (Wildman–Crippen MR) is 125 cm³/mol. The van der Waals surface area contributed by atoms with Gasteiger partial charge in [-0.1, -0.05) is 24.1 Å². The first-order valence-corrected chi connectivity index (χ1v) is 10.9. The van der Waals surface area contributed by atoms with Crippen LogP contribution in [-0.2, 0) is 12.9 Å². The molecule has 0 atom stereocenters. The minimum atomic E-state index is -0.0436. The summed E-state index contributed by atoms with van der Waals surface area (Å²) >= 11 is 1.39. The summed E-state index contributed by atoms with van der Waals surface area (Å²) < 4.78 is 21.7. The highest BCUT2D eigenvalue weighted by molar-refractivity contribution is 8.00. The second-order valence-electron chi connectivity index (χ2n) is 7.34. The number of anilines is 1. The number of nitrogens with one attached hydrogen (secondary N) is 1. The van der Waals surface area contributed by atoms with Crippen LogP contribution < -0.4 is 14.2 Å². The molecule has 1 N–H and O–H groups in total. The molecule has 4 rings (SSSR count). The molecule has 0 aliphatic carbocycles. The number of ether oxygens (including phenoxy) is 2. The SMILES string of the molecule is COc1ccccc1SNc1noc2cc(Cn3cc(CB(C)C#N)cn3)cc(OC)c12. The predicted octanol–water partition coefficient (Wildman–Crippen LogP) is 4.48. The summed E-state index contributed by atoms with van der Waals surface area (Å²) in [6.07, 6.45) is 4.44.